The summed E-state index contributed by atoms with van der Waals surface area (Å²) in [5, 5.41) is 20.7. The van der Waals surface area contributed by atoms with Gasteiger partial charge in [-0.15, -0.1) is 0 Å². The number of alkyl halides is 1. The van der Waals surface area contributed by atoms with Crippen LogP contribution in [0.1, 0.15) is 42.4 Å². The van der Waals surface area contributed by atoms with Gasteiger partial charge in [-0.25, -0.2) is 13.2 Å². The molecule has 5 saturated heterocycles. The highest BCUT2D eigenvalue weighted by molar-refractivity contribution is 6.45. The smallest absolute Gasteiger partial charge is 0.376 e. The molecule has 0 amide bonds. The molecule has 0 aliphatic carbocycles. The number of hydrogen-bond acceptors (Lipinski definition) is 11. The summed E-state index contributed by atoms with van der Waals surface area (Å²) in [5.74, 6) is -1.25. The molecule has 0 radical (unpaired) electrons. The maximum Gasteiger partial charge on any atom is 0.376 e. The average molecular weight is 659 g/mol. The van der Waals surface area contributed by atoms with E-state index in [1.807, 2.05) is 10.9 Å². The van der Waals surface area contributed by atoms with Gasteiger partial charge < -0.3 is 34.4 Å². The Labute approximate surface area is 274 Å². The van der Waals surface area contributed by atoms with E-state index in [1.54, 1.807) is 6.82 Å². The highest BCUT2D eigenvalue weighted by atomic mass is 19.1. The van der Waals surface area contributed by atoms with E-state index < -0.39 is 30.4 Å². The molecular weight excluding hydrogens is 626 g/mol. The van der Waals surface area contributed by atoms with Crippen LogP contribution in [0.4, 0.5) is 24.9 Å². The molecule has 0 saturated carbocycles. The first kappa shape index (κ1) is 30.0. The van der Waals surface area contributed by atoms with E-state index in [1.165, 1.54) is 6.07 Å². The molecule has 2 aromatic carbocycles. The molecule has 4 aromatic rings. The fourth-order valence-corrected chi connectivity index (χ4v) is 8.98. The van der Waals surface area contributed by atoms with Crippen molar-refractivity contribution >= 4 is 40.6 Å². The van der Waals surface area contributed by atoms with Gasteiger partial charge >= 0.3 is 13.1 Å². The third-order valence-electron chi connectivity index (χ3n) is 11.2. The van der Waals surface area contributed by atoms with Crippen molar-refractivity contribution in [3.05, 3.63) is 40.5 Å². The summed E-state index contributed by atoms with van der Waals surface area (Å²) >= 11 is 0. The van der Waals surface area contributed by atoms with Gasteiger partial charge in [0.1, 0.15) is 47.1 Å². The molecule has 0 spiro atoms. The summed E-state index contributed by atoms with van der Waals surface area (Å²) in [6, 6.07) is 4.48. The van der Waals surface area contributed by atoms with Gasteiger partial charge in [0.15, 0.2) is 5.82 Å². The second-order valence-electron chi connectivity index (χ2n) is 13.8. The van der Waals surface area contributed by atoms with Gasteiger partial charge in [-0.2, -0.15) is 15.2 Å². The average Bonchev–Trinajstić information content (AvgIpc) is 3.83. The number of benzene rings is 2. The molecule has 11 nitrogen and oxygen atoms in total. The predicted octanol–water partition coefficient (Wildman–Crippen LogP) is 4.13. The number of nitriles is 1. The minimum absolute atomic E-state index is 0.00564. The van der Waals surface area contributed by atoms with Crippen LogP contribution in [0.15, 0.2) is 16.5 Å². The van der Waals surface area contributed by atoms with Crippen LogP contribution in [0.25, 0.3) is 33.0 Å². The molecule has 2 aromatic heterocycles. The van der Waals surface area contributed by atoms with Crippen molar-refractivity contribution in [2.24, 2.45) is 0 Å². The number of fused-ring (bicyclic) bond motifs is 7. The number of furan rings is 1. The van der Waals surface area contributed by atoms with Crippen LogP contribution < -0.4 is 15.4 Å². The molecule has 248 valence electrons. The van der Waals surface area contributed by atoms with Crippen LogP contribution in [-0.4, -0.2) is 88.3 Å². The zero-order valence-electron chi connectivity index (χ0n) is 26.3. The Balaban J connectivity index is 1.25. The summed E-state index contributed by atoms with van der Waals surface area (Å²) in [6.45, 7) is 4.34. The summed E-state index contributed by atoms with van der Waals surface area (Å²) in [5.41, 5.74) is 6.34. The van der Waals surface area contributed by atoms with E-state index in [0.29, 0.717) is 48.4 Å². The van der Waals surface area contributed by atoms with Gasteiger partial charge in [0.05, 0.1) is 29.5 Å². The Morgan fingerprint density at radius 2 is 1.94 bits per heavy atom. The van der Waals surface area contributed by atoms with Crippen molar-refractivity contribution in [1.29, 1.82) is 5.26 Å². The second-order valence-corrected chi connectivity index (χ2v) is 13.8. The highest BCUT2D eigenvalue weighted by Crippen LogP contribution is 2.49. The minimum Gasteiger partial charge on any atom is -0.461 e. The third-order valence-corrected chi connectivity index (χ3v) is 11.2. The fraction of sp³-hybridized carbons (Fsp3) is 0.485. The van der Waals surface area contributed by atoms with Crippen molar-refractivity contribution in [1.82, 2.24) is 19.7 Å². The lowest BCUT2D eigenvalue weighted by Crippen LogP contribution is -2.71. The SMILES string of the molecule is CB(O)N1CC2CC(C1)N2c1nc(OC[C@@]23CCCN2C[C@H](F)C3)nc2c(F)c(-c3c(F)ccc4oc(N)c(C#N)c34)c3c(c12)COC3. The Bertz CT molecular complexity index is 2040. The van der Waals surface area contributed by atoms with Crippen LogP contribution in [0.3, 0.4) is 0 Å². The number of halogens is 3. The summed E-state index contributed by atoms with van der Waals surface area (Å²) in [6.07, 6.45) is 1.99. The lowest BCUT2D eigenvalue weighted by atomic mass is 9.76. The van der Waals surface area contributed by atoms with Crippen LogP contribution in [-0.2, 0) is 18.0 Å². The molecule has 3 N–H and O–H groups in total. The number of aromatic nitrogens is 2. The van der Waals surface area contributed by atoms with E-state index in [0.717, 1.165) is 31.9 Å². The molecular formula is C33H33BF3N7O4. The highest BCUT2D eigenvalue weighted by Gasteiger charge is 2.50. The fourth-order valence-electron chi connectivity index (χ4n) is 8.98. The molecule has 48 heavy (non-hydrogen) atoms. The first-order valence-electron chi connectivity index (χ1n) is 16.4. The first-order valence-corrected chi connectivity index (χ1v) is 16.4. The largest absolute Gasteiger partial charge is 0.461 e. The molecule has 2 unspecified atom stereocenters. The van der Waals surface area contributed by atoms with Crippen LogP contribution in [0.5, 0.6) is 6.01 Å². The van der Waals surface area contributed by atoms with Crippen LogP contribution in [0.2, 0.25) is 6.82 Å². The standard InChI is InChI=1S/C33H33BF3N7O4/c1-34(45)43-11-17-7-18(12-43)44(17)31-26-21-14-46-13-20(21)25(27-22(36)3-4-23-24(27)19(9-38)30(39)48-23)28(37)29(26)40-32(41-31)47-15-33-5-2-6-42(33)10-16(35)8-33/h3-4,16-18,45H,2,5-8,10-15,39H2,1H3/t16-,17?,18?,33+/m1/s1. The molecule has 10 rings (SSSR count). The number of hydrogen-bond donors (Lipinski definition) is 2. The summed E-state index contributed by atoms with van der Waals surface area (Å²) in [4.78, 5) is 15.8. The normalized spacial score (nSPS) is 26.6. The maximum atomic E-state index is 17.3. The van der Waals surface area contributed by atoms with Gasteiger partial charge in [-0.1, -0.05) is 0 Å². The first-order chi connectivity index (χ1) is 23.2. The topological polar surface area (TPSA) is 137 Å². The number of rotatable bonds is 6. The Morgan fingerprint density at radius 3 is 2.71 bits per heavy atom. The van der Waals surface area contributed by atoms with Gasteiger partial charge in [0.2, 0.25) is 5.88 Å². The van der Waals surface area contributed by atoms with E-state index >= 15 is 8.78 Å². The summed E-state index contributed by atoms with van der Waals surface area (Å²) < 4.78 is 65.6. The number of nitrogen functional groups attached to an aromatic ring is 1. The van der Waals surface area contributed by atoms with Crippen molar-refractivity contribution in [2.75, 3.05) is 43.4 Å². The van der Waals surface area contributed by atoms with E-state index in [4.69, 9.17) is 24.6 Å². The van der Waals surface area contributed by atoms with Gasteiger partial charge in [-0.05, 0) is 55.9 Å². The Hall–Kier alpha value is -4.10. The van der Waals surface area contributed by atoms with Gasteiger partial charge in [0, 0.05) is 49.3 Å². The maximum absolute atomic E-state index is 17.3. The number of anilines is 2. The number of nitrogens with two attached hydrogens (primary N) is 1. The zero-order chi connectivity index (χ0) is 33.1. The number of nitrogens with zero attached hydrogens (tertiary/aromatic N) is 6. The number of piperidine rings is 1. The quantitative estimate of drug-likeness (QED) is 0.289. The van der Waals surface area contributed by atoms with Gasteiger partial charge in [-0.3, -0.25) is 4.90 Å². The molecule has 8 heterocycles. The van der Waals surface area contributed by atoms with E-state index in [-0.39, 0.29) is 77.0 Å². The molecule has 6 aliphatic heterocycles. The molecule has 5 fully saturated rings. The Morgan fingerprint density at radius 1 is 1.15 bits per heavy atom. The summed E-state index contributed by atoms with van der Waals surface area (Å²) in [7, 11) is -0.608. The lowest BCUT2D eigenvalue weighted by Gasteiger charge is -2.57. The third kappa shape index (κ3) is 4.22. The second kappa shape index (κ2) is 10.7. The van der Waals surface area contributed by atoms with Crippen molar-refractivity contribution in [2.45, 2.75) is 69.5 Å². The number of piperazine rings is 1. The van der Waals surface area contributed by atoms with Gasteiger partial charge in [0.25, 0.3) is 0 Å². The molecule has 15 heteroatoms. The zero-order valence-corrected chi connectivity index (χ0v) is 26.3. The molecule has 2 bridgehead atoms. The van der Waals surface area contributed by atoms with E-state index in [9.17, 15) is 14.7 Å². The molecule has 6 aliphatic rings. The minimum atomic E-state index is -0.949. The van der Waals surface area contributed by atoms with Crippen LogP contribution >= 0.6 is 0 Å². The Kier molecular flexibility index (Phi) is 6.69. The van der Waals surface area contributed by atoms with Crippen molar-refractivity contribution in [3.63, 3.8) is 0 Å². The molecule has 4 atom stereocenters. The monoisotopic (exact) mass is 659 g/mol. The lowest BCUT2D eigenvalue weighted by molar-refractivity contribution is 0.107. The number of ether oxygens (including phenoxy) is 2. The van der Waals surface area contributed by atoms with Crippen LogP contribution in [0, 0.1) is 23.0 Å². The van der Waals surface area contributed by atoms with Crippen molar-refractivity contribution in [3.8, 4) is 23.2 Å². The predicted molar refractivity (Wildman–Crippen MR) is 171 cm³/mol. The van der Waals surface area contributed by atoms with Crippen molar-refractivity contribution < 1.29 is 32.1 Å². The van der Waals surface area contributed by atoms with E-state index in [2.05, 4.69) is 14.8 Å².